The second-order valence-corrected chi connectivity index (χ2v) is 7.56. The standard InChI is InChI=1S/C15H17ClN2OS/c1-15(2)6-7-18(8-15)14(19)13-12(17)11-9(16)4-3-5-10(11)20-13/h3-5H,6-8,17H2,1-2H3. The van der Waals surface area contributed by atoms with Crippen LogP contribution in [0, 0.1) is 5.41 Å². The molecule has 0 radical (unpaired) electrons. The van der Waals surface area contributed by atoms with Crippen LogP contribution in [0.2, 0.25) is 5.02 Å². The van der Waals surface area contributed by atoms with E-state index in [2.05, 4.69) is 13.8 Å². The predicted octanol–water partition coefficient (Wildman–Crippen LogP) is 4.01. The number of halogens is 1. The number of nitrogens with zero attached hydrogens (tertiary/aromatic N) is 1. The average molecular weight is 309 g/mol. The van der Waals surface area contributed by atoms with E-state index in [1.165, 1.54) is 11.3 Å². The minimum Gasteiger partial charge on any atom is -0.397 e. The molecule has 3 nitrogen and oxygen atoms in total. The summed E-state index contributed by atoms with van der Waals surface area (Å²) in [5, 5.41) is 1.41. The molecular weight excluding hydrogens is 292 g/mol. The van der Waals surface area contributed by atoms with Crippen molar-refractivity contribution in [3.8, 4) is 0 Å². The topological polar surface area (TPSA) is 46.3 Å². The number of likely N-dealkylation sites (tertiary alicyclic amines) is 1. The van der Waals surface area contributed by atoms with Gasteiger partial charge in [0.2, 0.25) is 0 Å². The number of anilines is 1. The summed E-state index contributed by atoms with van der Waals surface area (Å²) in [6, 6.07) is 5.64. The third-order valence-corrected chi connectivity index (χ3v) is 5.33. The van der Waals surface area contributed by atoms with Gasteiger partial charge < -0.3 is 10.6 Å². The van der Waals surface area contributed by atoms with Gasteiger partial charge in [0, 0.05) is 23.2 Å². The molecule has 1 fully saturated rings. The number of amides is 1. The number of rotatable bonds is 1. The molecule has 0 unspecified atom stereocenters. The van der Waals surface area contributed by atoms with Crippen LogP contribution in [-0.2, 0) is 0 Å². The van der Waals surface area contributed by atoms with Gasteiger partial charge in [0.05, 0.1) is 10.7 Å². The number of benzene rings is 1. The molecule has 2 aromatic rings. The molecule has 1 aliphatic rings. The predicted molar refractivity (Wildman–Crippen MR) is 85.5 cm³/mol. The summed E-state index contributed by atoms with van der Waals surface area (Å²) < 4.78 is 0.969. The van der Waals surface area contributed by atoms with Gasteiger partial charge in [-0.1, -0.05) is 31.5 Å². The summed E-state index contributed by atoms with van der Waals surface area (Å²) in [4.78, 5) is 15.2. The summed E-state index contributed by atoms with van der Waals surface area (Å²) >= 11 is 7.62. The van der Waals surface area contributed by atoms with E-state index < -0.39 is 0 Å². The Morgan fingerprint density at radius 2 is 2.20 bits per heavy atom. The molecule has 1 aromatic heterocycles. The Morgan fingerprint density at radius 1 is 1.45 bits per heavy atom. The maximum atomic E-state index is 12.6. The fourth-order valence-electron chi connectivity index (χ4n) is 2.72. The molecule has 20 heavy (non-hydrogen) atoms. The molecule has 2 heterocycles. The number of hydrogen-bond acceptors (Lipinski definition) is 3. The van der Waals surface area contributed by atoms with Crippen LogP contribution in [0.25, 0.3) is 10.1 Å². The fourth-order valence-corrected chi connectivity index (χ4v) is 4.17. The van der Waals surface area contributed by atoms with E-state index in [1.54, 1.807) is 6.07 Å². The van der Waals surface area contributed by atoms with Crippen LogP contribution in [0.4, 0.5) is 5.69 Å². The van der Waals surface area contributed by atoms with Crippen molar-refractivity contribution in [3.63, 3.8) is 0 Å². The number of nitrogens with two attached hydrogens (primary N) is 1. The maximum Gasteiger partial charge on any atom is 0.266 e. The van der Waals surface area contributed by atoms with Crippen LogP contribution in [0.5, 0.6) is 0 Å². The lowest BCUT2D eigenvalue weighted by atomic mass is 9.93. The lowest BCUT2D eigenvalue weighted by molar-refractivity contribution is 0.0784. The summed E-state index contributed by atoms with van der Waals surface area (Å²) in [6.45, 7) is 5.96. The molecule has 0 spiro atoms. The molecule has 3 rings (SSSR count). The average Bonchev–Trinajstić information content (AvgIpc) is 2.90. The van der Waals surface area contributed by atoms with Crippen molar-refractivity contribution in [3.05, 3.63) is 28.1 Å². The van der Waals surface area contributed by atoms with Gasteiger partial charge in [0.25, 0.3) is 5.91 Å². The van der Waals surface area contributed by atoms with Gasteiger partial charge in [-0.15, -0.1) is 11.3 Å². The van der Waals surface area contributed by atoms with Gasteiger partial charge in [-0.05, 0) is 24.0 Å². The Balaban J connectivity index is 2.01. The molecule has 106 valence electrons. The van der Waals surface area contributed by atoms with Crippen molar-refractivity contribution in [1.82, 2.24) is 4.90 Å². The van der Waals surface area contributed by atoms with Crippen LogP contribution < -0.4 is 5.73 Å². The molecule has 0 atom stereocenters. The highest BCUT2D eigenvalue weighted by Gasteiger charge is 2.34. The van der Waals surface area contributed by atoms with Gasteiger partial charge >= 0.3 is 0 Å². The van der Waals surface area contributed by atoms with E-state index in [1.807, 2.05) is 17.0 Å². The molecule has 0 saturated carbocycles. The highest BCUT2D eigenvalue weighted by molar-refractivity contribution is 7.21. The Kier molecular flexibility index (Phi) is 3.18. The molecule has 0 bridgehead atoms. The first-order valence-electron chi connectivity index (χ1n) is 6.65. The highest BCUT2D eigenvalue weighted by atomic mass is 35.5. The summed E-state index contributed by atoms with van der Waals surface area (Å²) in [5.41, 5.74) is 6.87. The van der Waals surface area contributed by atoms with E-state index in [0.29, 0.717) is 15.6 Å². The van der Waals surface area contributed by atoms with Gasteiger partial charge in [-0.3, -0.25) is 4.79 Å². The van der Waals surface area contributed by atoms with Gasteiger partial charge in [-0.25, -0.2) is 0 Å². The number of thiophene rings is 1. The molecule has 1 amide bonds. The SMILES string of the molecule is CC1(C)CCN(C(=O)c2sc3cccc(Cl)c3c2N)C1. The van der Waals surface area contributed by atoms with E-state index in [-0.39, 0.29) is 11.3 Å². The van der Waals surface area contributed by atoms with E-state index in [9.17, 15) is 4.79 Å². The van der Waals surface area contributed by atoms with E-state index >= 15 is 0 Å². The molecule has 0 aliphatic carbocycles. The molecule has 5 heteroatoms. The lowest BCUT2D eigenvalue weighted by Gasteiger charge is -2.19. The monoisotopic (exact) mass is 308 g/mol. The summed E-state index contributed by atoms with van der Waals surface area (Å²) in [7, 11) is 0. The Hall–Kier alpha value is -1.26. The van der Waals surface area contributed by atoms with Gasteiger partial charge in [0.15, 0.2) is 0 Å². The van der Waals surface area contributed by atoms with Gasteiger partial charge in [-0.2, -0.15) is 0 Å². The zero-order valence-electron chi connectivity index (χ0n) is 11.6. The minimum atomic E-state index is 0.0327. The van der Waals surface area contributed by atoms with E-state index in [0.717, 1.165) is 29.6 Å². The number of nitrogen functional groups attached to an aromatic ring is 1. The Bertz CT molecular complexity index is 692. The second kappa shape index (κ2) is 4.64. The molecule has 2 N–H and O–H groups in total. The maximum absolute atomic E-state index is 12.6. The van der Waals surface area contributed by atoms with Crippen molar-refractivity contribution in [2.24, 2.45) is 5.41 Å². The van der Waals surface area contributed by atoms with E-state index in [4.69, 9.17) is 17.3 Å². The zero-order valence-corrected chi connectivity index (χ0v) is 13.1. The molecule has 1 saturated heterocycles. The normalized spacial score (nSPS) is 17.9. The fraction of sp³-hybridized carbons (Fsp3) is 0.400. The van der Waals surface area contributed by atoms with Crippen LogP contribution in [-0.4, -0.2) is 23.9 Å². The van der Waals surface area contributed by atoms with Crippen molar-refractivity contribution >= 4 is 44.6 Å². The van der Waals surface area contributed by atoms with Crippen LogP contribution in [0.3, 0.4) is 0 Å². The van der Waals surface area contributed by atoms with Crippen molar-refractivity contribution in [2.45, 2.75) is 20.3 Å². The zero-order chi connectivity index (χ0) is 14.5. The number of carbonyl (C=O) groups is 1. The van der Waals surface area contributed by atoms with Crippen molar-refractivity contribution in [1.29, 1.82) is 0 Å². The first kappa shape index (κ1) is 13.7. The third-order valence-electron chi connectivity index (χ3n) is 3.86. The summed E-state index contributed by atoms with van der Waals surface area (Å²) in [6.07, 6.45) is 1.03. The molecule has 1 aliphatic heterocycles. The Morgan fingerprint density at radius 3 is 2.80 bits per heavy atom. The minimum absolute atomic E-state index is 0.0327. The molecular formula is C15H17ClN2OS. The third kappa shape index (κ3) is 2.17. The smallest absolute Gasteiger partial charge is 0.266 e. The van der Waals surface area contributed by atoms with Crippen LogP contribution >= 0.6 is 22.9 Å². The van der Waals surface area contributed by atoms with Gasteiger partial charge in [0.1, 0.15) is 4.88 Å². The van der Waals surface area contributed by atoms with Crippen LogP contribution in [0.1, 0.15) is 29.9 Å². The van der Waals surface area contributed by atoms with Crippen LogP contribution in [0.15, 0.2) is 18.2 Å². The van der Waals surface area contributed by atoms with Crippen molar-refractivity contribution in [2.75, 3.05) is 18.8 Å². The number of fused-ring (bicyclic) bond motifs is 1. The highest BCUT2D eigenvalue weighted by Crippen LogP contribution is 2.39. The summed E-state index contributed by atoms with van der Waals surface area (Å²) in [5.74, 6) is 0.0327. The Labute approximate surface area is 127 Å². The molecule has 1 aromatic carbocycles. The number of hydrogen-bond donors (Lipinski definition) is 1. The van der Waals surface area contributed by atoms with Crippen molar-refractivity contribution < 1.29 is 4.79 Å². The largest absolute Gasteiger partial charge is 0.397 e. The number of carbonyl (C=O) groups excluding carboxylic acids is 1. The first-order valence-corrected chi connectivity index (χ1v) is 7.84. The second-order valence-electron chi connectivity index (χ2n) is 6.10. The lowest BCUT2D eigenvalue weighted by Crippen LogP contribution is -2.30. The first-order chi connectivity index (χ1) is 9.39. The quantitative estimate of drug-likeness (QED) is 0.865.